The zero-order valence-corrected chi connectivity index (χ0v) is 20.2. The second-order valence-corrected chi connectivity index (χ2v) is 7.63. The molecule has 2 aromatic rings. The molecule has 0 unspecified atom stereocenters. The van der Waals surface area contributed by atoms with Gasteiger partial charge in [-0.1, -0.05) is 12.1 Å². The predicted molar refractivity (Wildman–Crippen MR) is 100 cm³/mol. The Kier molecular flexibility index (Phi) is 8.11. The number of nitrogens with zero attached hydrogens (tertiary/aromatic N) is 2. The van der Waals surface area contributed by atoms with E-state index in [2.05, 4.69) is 58.9 Å². The number of carboxylic acids is 1. The van der Waals surface area contributed by atoms with Gasteiger partial charge in [-0.2, -0.15) is 5.10 Å². The Morgan fingerprint density at radius 3 is 2.19 bits per heavy atom. The van der Waals surface area contributed by atoms with Crippen LogP contribution in [0.15, 0.2) is 24.4 Å². The summed E-state index contributed by atoms with van der Waals surface area (Å²) in [5, 5.41) is 13.1. The molecule has 0 aliphatic carbocycles. The molecule has 26 heavy (non-hydrogen) atoms. The molecule has 1 aliphatic rings. The second kappa shape index (κ2) is 8.86. The average molecular weight is 386 g/mol. The van der Waals surface area contributed by atoms with Gasteiger partial charge < -0.3 is 15.8 Å². The molecule has 0 spiro atoms. The Morgan fingerprint density at radius 1 is 1.23 bits per heavy atom. The first kappa shape index (κ1) is 23.8. The molecule has 0 radical (unpaired) electrons. The molecular weight excluding hydrogens is 358 g/mol. The van der Waals surface area contributed by atoms with E-state index in [0.29, 0.717) is 6.04 Å². The molecule has 0 bridgehead atoms. The van der Waals surface area contributed by atoms with Gasteiger partial charge in [0.15, 0.2) is 0 Å². The van der Waals surface area contributed by atoms with Gasteiger partial charge in [0.05, 0.1) is 16.7 Å². The van der Waals surface area contributed by atoms with Crippen LogP contribution in [0.3, 0.4) is 0 Å². The number of aliphatic carboxylic acids is 1. The Bertz CT molecular complexity index is 760. The summed E-state index contributed by atoms with van der Waals surface area (Å²) in [6.07, 6.45) is 2.08. The first-order valence-electron chi connectivity index (χ1n) is 8.47. The monoisotopic (exact) mass is 386 g/mol. The number of hydrogen-bond donors (Lipinski definition) is 1. The van der Waals surface area contributed by atoms with Crippen LogP contribution in [0.1, 0.15) is 55.9 Å². The minimum atomic E-state index is -0.833. The van der Waals surface area contributed by atoms with Gasteiger partial charge in [-0.05, 0) is 53.1 Å². The normalized spacial score (nSPS) is 17.6. The maximum atomic E-state index is 9.00. The van der Waals surface area contributed by atoms with Crippen LogP contribution in [0.4, 0.5) is 0 Å². The van der Waals surface area contributed by atoms with Crippen molar-refractivity contribution in [1.29, 1.82) is 0 Å². The number of aromatic nitrogens is 2. The van der Waals surface area contributed by atoms with Crippen molar-refractivity contribution in [2.75, 3.05) is 0 Å². The van der Waals surface area contributed by atoms with E-state index in [0.717, 1.165) is 23.3 Å². The smallest absolute Gasteiger partial charge is 1.00 e. The molecule has 138 valence electrons. The number of hydrogen-bond acceptors (Lipinski definition) is 4. The fourth-order valence-corrected chi connectivity index (χ4v) is 2.45. The summed E-state index contributed by atoms with van der Waals surface area (Å²) in [6, 6.07) is 6.55. The van der Waals surface area contributed by atoms with Crippen molar-refractivity contribution in [3.05, 3.63) is 24.4 Å². The third-order valence-electron chi connectivity index (χ3n) is 4.60. The molecule has 1 fully saturated rings. The minimum absolute atomic E-state index is 0. The molecule has 0 saturated carbocycles. The third-order valence-corrected chi connectivity index (χ3v) is 4.60. The van der Waals surface area contributed by atoms with Gasteiger partial charge >= 0.3 is 58.5 Å². The standard InChI is InChI=1S/C16H23BN2O2.C2H4O2.K.H/c1-11(2)19-10-12-9-13(7-8-14(12)18-19)17-20-15(3,4)16(5,6)21-17;1-2(3)4;;/h7-11H,1-6H3;1H3,(H,3,4);;/q;;+1;-1. The Morgan fingerprint density at radius 2 is 1.73 bits per heavy atom. The zero-order chi connectivity index (χ0) is 19.0. The fraction of sp³-hybridized carbons (Fsp3) is 0.556. The summed E-state index contributed by atoms with van der Waals surface area (Å²) in [4.78, 5) is 9.00. The number of benzene rings is 1. The Hall–Kier alpha value is -0.219. The first-order valence-corrected chi connectivity index (χ1v) is 8.47. The van der Waals surface area contributed by atoms with Crippen LogP contribution in [0.2, 0.25) is 0 Å². The van der Waals surface area contributed by atoms with E-state index >= 15 is 0 Å². The SMILES string of the molecule is CC(=O)O.CC(C)n1cc2cc(B3OC(C)(C)C(C)(C)O3)ccc2n1.[H-].[K+]. The molecule has 1 N–H and O–H groups in total. The summed E-state index contributed by atoms with van der Waals surface area (Å²) in [5.41, 5.74) is 1.43. The summed E-state index contributed by atoms with van der Waals surface area (Å²) in [6.45, 7) is 13.6. The van der Waals surface area contributed by atoms with E-state index in [1.54, 1.807) is 0 Å². The van der Waals surface area contributed by atoms with E-state index in [9.17, 15) is 0 Å². The maximum Gasteiger partial charge on any atom is 1.00 e. The molecule has 0 amide bonds. The van der Waals surface area contributed by atoms with E-state index in [1.807, 2.05) is 16.8 Å². The van der Waals surface area contributed by atoms with Gasteiger partial charge in [0.1, 0.15) is 0 Å². The van der Waals surface area contributed by atoms with Gasteiger partial charge in [0.2, 0.25) is 0 Å². The van der Waals surface area contributed by atoms with E-state index < -0.39 is 5.97 Å². The predicted octanol–water partition coefficient (Wildman–Crippen LogP) is 0.124. The van der Waals surface area contributed by atoms with Crippen LogP contribution in [0.25, 0.3) is 10.9 Å². The molecule has 1 saturated heterocycles. The van der Waals surface area contributed by atoms with Crippen molar-refractivity contribution in [1.82, 2.24) is 9.78 Å². The third kappa shape index (κ3) is 5.41. The molecule has 6 nitrogen and oxygen atoms in total. The van der Waals surface area contributed by atoms with Crippen molar-refractivity contribution in [3.8, 4) is 0 Å². The summed E-state index contributed by atoms with van der Waals surface area (Å²) in [7, 11) is -0.318. The van der Waals surface area contributed by atoms with E-state index in [1.165, 1.54) is 0 Å². The van der Waals surface area contributed by atoms with Gasteiger partial charge in [-0.25, -0.2) is 0 Å². The number of fused-ring (bicyclic) bond motifs is 1. The van der Waals surface area contributed by atoms with Crippen LogP contribution >= 0.6 is 0 Å². The van der Waals surface area contributed by atoms with Gasteiger partial charge in [0, 0.05) is 24.5 Å². The van der Waals surface area contributed by atoms with Crippen molar-refractivity contribution < 1.29 is 72.0 Å². The average Bonchev–Trinajstić information content (AvgIpc) is 2.96. The van der Waals surface area contributed by atoms with Crippen LogP contribution in [-0.2, 0) is 14.1 Å². The molecule has 8 heteroatoms. The quantitative estimate of drug-likeness (QED) is 0.743. The number of rotatable bonds is 2. The van der Waals surface area contributed by atoms with Crippen LogP contribution in [0, 0.1) is 0 Å². The molecule has 3 rings (SSSR count). The topological polar surface area (TPSA) is 73.6 Å². The fourth-order valence-electron chi connectivity index (χ4n) is 2.45. The molecule has 1 aromatic carbocycles. The molecular formula is C18H28BKN2O4. The molecule has 2 heterocycles. The largest absolute Gasteiger partial charge is 1.00 e. The second-order valence-electron chi connectivity index (χ2n) is 7.63. The molecule has 0 atom stereocenters. The molecule has 1 aromatic heterocycles. The van der Waals surface area contributed by atoms with Crippen molar-refractivity contribution in [2.24, 2.45) is 0 Å². The van der Waals surface area contributed by atoms with Gasteiger partial charge in [-0.15, -0.1) is 0 Å². The maximum absolute atomic E-state index is 9.00. The molecule has 1 aliphatic heterocycles. The summed E-state index contributed by atoms with van der Waals surface area (Å²) in [5.74, 6) is -0.833. The summed E-state index contributed by atoms with van der Waals surface area (Å²) >= 11 is 0. The Labute approximate surface area is 199 Å². The number of carboxylic acid groups (broad SMARTS) is 1. The van der Waals surface area contributed by atoms with Gasteiger partial charge in [0.25, 0.3) is 5.97 Å². The van der Waals surface area contributed by atoms with E-state index in [4.69, 9.17) is 19.2 Å². The first-order chi connectivity index (χ1) is 11.4. The van der Waals surface area contributed by atoms with Crippen molar-refractivity contribution in [2.45, 2.75) is 65.7 Å². The Balaban J connectivity index is 0.00000103. The summed E-state index contributed by atoms with van der Waals surface area (Å²) < 4.78 is 14.2. The zero-order valence-electron chi connectivity index (χ0n) is 18.0. The van der Waals surface area contributed by atoms with Crippen LogP contribution in [0.5, 0.6) is 0 Å². The van der Waals surface area contributed by atoms with E-state index in [-0.39, 0.29) is 71.1 Å². The van der Waals surface area contributed by atoms with Crippen molar-refractivity contribution >= 4 is 29.5 Å². The van der Waals surface area contributed by atoms with Crippen LogP contribution in [-0.4, -0.2) is 39.2 Å². The number of carbonyl (C=O) groups is 1. The van der Waals surface area contributed by atoms with Gasteiger partial charge in [-0.3, -0.25) is 9.48 Å². The van der Waals surface area contributed by atoms with Crippen LogP contribution < -0.4 is 56.8 Å². The minimum Gasteiger partial charge on any atom is -1.00 e. The van der Waals surface area contributed by atoms with Crippen molar-refractivity contribution in [3.63, 3.8) is 0 Å².